The van der Waals surface area contributed by atoms with Gasteiger partial charge in [-0.15, -0.1) is 11.3 Å². The van der Waals surface area contributed by atoms with Crippen molar-refractivity contribution in [2.45, 2.75) is 13.8 Å². The van der Waals surface area contributed by atoms with Gasteiger partial charge in [-0.05, 0) is 31.5 Å². The second-order valence-electron chi connectivity index (χ2n) is 4.89. The molecule has 21 heavy (non-hydrogen) atoms. The third kappa shape index (κ3) is 3.00. The number of aryl methyl sites for hydroxylation is 1. The molecule has 1 N–H and O–H groups in total. The van der Waals surface area contributed by atoms with Gasteiger partial charge in [-0.1, -0.05) is 0 Å². The quantitative estimate of drug-likeness (QED) is 0.939. The number of nitrogens with one attached hydrogen (secondary N) is 1. The van der Waals surface area contributed by atoms with Crippen molar-refractivity contribution in [3.05, 3.63) is 40.5 Å². The van der Waals surface area contributed by atoms with Crippen molar-refractivity contribution < 1.29 is 9.59 Å². The number of aromatic nitrogens is 1. The standard InChI is InChI=1S/C15H19N3O2S/c1-10-11(2)21-15(18-7-5-6-8-18)13(10)14(20)17(4)9-12(19)16-3/h5-8H,9H2,1-4H3,(H,16,19). The number of nitrogens with zero attached hydrogens (tertiary/aromatic N) is 2. The van der Waals surface area contributed by atoms with Crippen molar-refractivity contribution in [3.8, 4) is 5.00 Å². The Morgan fingerprint density at radius 1 is 1.29 bits per heavy atom. The molecule has 0 saturated carbocycles. The van der Waals surface area contributed by atoms with Crippen LogP contribution in [0.5, 0.6) is 0 Å². The van der Waals surface area contributed by atoms with Gasteiger partial charge in [0.05, 0.1) is 12.1 Å². The smallest absolute Gasteiger partial charge is 0.257 e. The van der Waals surface area contributed by atoms with Crippen LogP contribution in [0.2, 0.25) is 0 Å². The lowest BCUT2D eigenvalue weighted by Gasteiger charge is -2.17. The number of carbonyl (C=O) groups is 2. The van der Waals surface area contributed by atoms with Crippen LogP contribution in [0, 0.1) is 13.8 Å². The summed E-state index contributed by atoms with van der Waals surface area (Å²) < 4.78 is 1.94. The summed E-state index contributed by atoms with van der Waals surface area (Å²) in [5.41, 5.74) is 1.64. The lowest BCUT2D eigenvalue weighted by atomic mass is 10.1. The van der Waals surface area contributed by atoms with E-state index in [2.05, 4.69) is 5.32 Å². The van der Waals surface area contributed by atoms with Gasteiger partial charge in [0.15, 0.2) is 0 Å². The average molecular weight is 305 g/mol. The van der Waals surface area contributed by atoms with Crippen LogP contribution in [0.3, 0.4) is 0 Å². The van der Waals surface area contributed by atoms with Crippen LogP contribution in [-0.4, -0.2) is 41.9 Å². The predicted molar refractivity (Wildman–Crippen MR) is 84.1 cm³/mol. The predicted octanol–water partition coefficient (Wildman–Crippen LogP) is 1.97. The number of amides is 2. The third-order valence-corrected chi connectivity index (χ3v) is 4.65. The van der Waals surface area contributed by atoms with E-state index >= 15 is 0 Å². The summed E-state index contributed by atoms with van der Waals surface area (Å²) in [6.45, 7) is 4.00. The summed E-state index contributed by atoms with van der Waals surface area (Å²) >= 11 is 1.58. The maximum Gasteiger partial charge on any atom is 0.257 e. The summed E-state index contributed by atoms with van der Waals surface area (Å²) in [6.07, 6.45) is 3.83. The minimum absolute atomic E-state index is 0.0504. The van der Waals surface area contributed by atoms with E-state index in [0.717, 1.165) is 15.4 Å². The van der Waals surface area contributed by atoms with Crippen molar-refractivity contribution in [2.75, 3.05) is 20.6 Å². The molecule has 0 bridgehead atoms. The highest BCUT2D eigenvalue weighted by atomic mass is 32.1. The van der Waals surface area contributed by atoms with Gasteiger partial charge in [-0.25, -0.2) is 0 Å². The fourth-order valence-electron chi connectivity index (χ4n) is 2.07. The summed E-state index contributed by atoms with van der Waals surface area (Å²) in [6, 6.07) is 3.85. The van der Waals surface area contributed by atoms with Gasteiger partial charge in [-0.2, -0.15) is 0 Å². The van der Waals surface area contributed by atoms with E-state index in [1.807, 2.05) is 42.9 Å². The van der Waals surface area contributed by atoms with E-state index in [1.165, 1.54) is 4.90 Å². The first-order valence-electron chi connectivity index (χ1n) is 6.65. The number of likely N-dealkylation sites (N-methyl/N-ethyl adjacent to an activating group) is 2. The average Bonchev–Trinajstić information content (AvgIpc) is 3.07. The van der Waals surface area contributed by atoms with Crippen molar-refractivity contribution in [1.29, 1.82) is 0 Å². The molecule has 0 aromatic carbocycles. The van der Waals surface area contributed by atoms with E-state index in [0.29, 0.717) is 5.56 Å². The molecule has 5 nitrogen and oxygen atoms in total. The summed E-state index contributed by atoms with van der Waals surface area (Å²) in [5.74, 6) is -0.317. The molecule has 0 radical (unpaired) electrons. The Bertz CT molecular complexity index is 659. The van der Waals surface area contributed by atoms with Gasteiger partial charge in [-0.3, -0.25) is 9.59 Å². The van der Waals surface area contributed by atoms with Gasteiger partial charge in [0, 0.05) is 31.4 Å². The maximum absolute atomic E-state index is 12.7. The molecule has 0 fully saturated rings. The first kappa shape index (κ1) is 15.3. The number of hydrogen-bond donors (Lipinski definition) is 1. The van der Waals surface area contributed by atoms with Crippen molar-refractivity contribution in [3.63, 3.8) is 0 Å². The molecule has 0 unspecified atom stereocenters. The summed E-state index contributed by atoms with van der Waals surface area (Å²) in [7, 11) is 3.20. The van der Waals surface area contributed by atoms with E-state index < -0.39 is 0 Å². The second kappa shape index (κ2) is 6.13. The van der Waals surface area contributed by atoms with Crippen LogP contribution in [-0.2, 0) is 4.79 Å². The molecule has 2 heterocycles. The Balaban J connectivity index is 2.39. The Morgan fingerprint density at radius 2 is 1.90 bits per heavy atom. The number of hydrogen-bond acceptors (Lipinski definition) is 3. The molecule has 0 aliphatic rings. The third-order valence-electron chi connectivity index (χ3n) is 3.43. The van der Waals surface area contributed by atoms with Crippen LogP contribution in [0.15, 0.2) is 24.5 Å². The molecule has 0 saturated heterocycles. The Kier molecular flexibility index (Phi) is 4.47. The number of rotatable bonds is 4. The van der Waals surface area contributed by atoms with Crippen molar-refractivity contribution in [1.82, 2.24) is 14.8 Å². The largest absolute Gasteiger partial charge is 0.358 e. The molecule has 2 aromatic heterocycles. The van der Waals surface area contributed by atoms with Gasteiger partial charge in [0.1, 0.15) is 5.00 Å². The summed E-state index contributed by atoms with van der Waals surface area (Å²) in [4.78, 5) is 26.7. The van der Waals surface area contributed by atoms with Crippen molar-refractivity contribution in [2.24, 2.45) is 0 Å². The van der Waals surface area contributed by atoms with Gasteiger partial charge < -0.3 is 14.8 Å². The zero-order valence-corrected chi connectivity index (χ0v) is 13.5. The Hall–Kier alpha value is -2.08. The highest BCUT2D eigenvalue weighted by Crippen LogP contribution is 2.31. The highest BCUT2D eigenvalue weighted by molar-refractivity contribution is 7.15. The first-order valence-corrected chi connectivity index (χ1v) is 7.46. The molecular formula is C15H19N3O2S. The molecular weight excluding hydrogens is 286 g/mol. The molecule has 0 aliphatic heterocycles. The lowest BCUT2D eigenvalue weighted by Crippen LogP contribution is -2.37. The lowest BCUT2D eigenvalue weighted by molar-refractivity contribution is -0.121. The zero-order valence-electron chi connectivity index (χ0n) is 12.6. The van der Waals surface area contributed by atoms with Gasteiger partial charge in [0.2, 0.25) is 5.91 Å². The fourth-order valence-corrected chi connectivity index (χ4v) is 3.18. The number of thiophene rings is 1. The minimum Gasteiger partial charge on any atom is -0.358 e. The first-order chi connectivity index (χ1) is 9.95. The van der Waals surface area contributed by atoms with Crippen LogP contribution >= 0.6 is 11.3 Å². The van der Waals surface area contributed by atoms with Crippen molar-refractivity contribution >= 4 is 23.2 Å². The maximum atomic E-state index is 12.7. The van der Waals surface area contributed by atoms with Crippen LogP contribution in [0.25, 0.3) is 5.00 Å². The summed E-state index contributed by atoms with van der Waals surface area (Å²) in [5, 5.41) is 3.42. The number of carbonyl (C=O) groups excluding carboxylic acids is 2. The topological polar surface area (TPSA) is 54.3 Å². The second-order valence-corrected chi connectivity index (χ2v) is 6.09. The van der Waals surface area contributed by atoms with Crippen LogP contribution in [0.1, 0.15) is 20.8 Å². The van der Waals surface area contributed by atoms with E-state index in [-0.39, 0.29) is 18.4 Å². The monoisotopic (exact) mass is 305 g/mol. The Morgan fingerprint density at radius 3 is 2.48 bits per heavy atom. The molecule has 2 rings (SSSR count). The van der Waals surface area contributed by atoms with E-state index in [9.17, 15) is 9.59 Å². The normalized spacial score (nSPS) is 10.5. The SMILES string of the molecule is CNC(=O)CN(C)C(=O)c1c(-n2cccc2)sc(C)c1C. The van der Waals surface area contributed by atoms with Crippen LogP contribution < -0.4 is 5.32 Å². The minimum atomic E-state index is -0.182. The van der Waals surface area contributed by atoms with Gasteiger partial charge >= 0.3 is 0 Å². The molecule has 6 heteroatoms. The fraction of sp³-hybridized carbons (Fsp3) is 0.333. The van der Waals surface area contributed by atoms with Gasteiger partial charge in [0.25, 0.3) is 5.91 Å². The molecule has 0 aliphatic carbocycles. The van der Waals surface area contributed by atoms with Crippen LogP contribution in [0.4, 0.5) is 0 Å². The molecule has 0 spiro atoms. The molecule has 2 amide bonds. The van der Waals surface area contributed by atoms with E-state index in [1.54, 1.807) is 25.4 Å². The van der Waals surface area contributed by atoms with E-state index in [4.69, 9.17) is 0 Å². The Labute approximate surface area is 128 Å². The molecule has 0 atom stereocenters. The highest BCUT2D eigenvalue weighted by Gasteiger charge is 2.24. The molecule has 2 aromatic rings. The zero-order chi connectivity index (χ0) is 15.6. The molecule has 112 valence electrons.